The van der Waals surface area contributed by atoms with Crippen LogP contribution in [0.2, 0.25) is 0 Å². The van der Waals surface area contributed by atoms with Gasteiger partial charge in [-0.15, -0.1) is 0 Å². The van der Waals surface area contributed by atoms with Gasteiger partial charge in [-0.2, -0.15) is 0 Å². The number of nitrogens with zero attached hydrogens (tertiary/aromatic N) is 2. The van der Waals surface area contributed by atoms with E-state index in [1.165, 1.54) is 22.5 Å². The van der Waals surface area contributed by atoms with Crippen LogP contribution in [-0.2, 0) is 11.8 Å². The summed E-state index contributed by atoms with van der Waals surface area (Å²) in [6.07, 6.45) is 1.09. The molecule has 0 aliphatic carbocycles. The molecule has 0 N–H and O–H groups in total. The molecule has 1 aliphatic rings. The van der Waals surface area contributed by atoms with Crippen molar-refractivity contribution in [2.45, 2.75) is 58.9 Å². The molecule has 1 saturated heterocycles. The minimum atomic E-state index is 0.104. The van der Waals surface area contributed by atoms with Gasteiger partial charge in [0.1, 0.15) is 0 Å². The average molecular weight is 351 g/mol. The van der Waals surface area contributed by atoms with E-state index in [9.17, 15) is 0 Å². The average Bonchev–Trinajstić information content (AvgIpc) is 2.60. The van der Waals surface area contributed by atoms with Crippen LogP contribution < -0.4 is 9.80 Å². The molecule has 1 aliphatic heterocycles. The third kappa shape index (κ3) is 3.90. The van der Waals surface area contributed by atoms with Crippen LogP contribution in [0.1, 0.15) is 52.7 Å². The lowest BCUT2D eigenvalue weighted by Gasteiger charge is -2.49. The normalized spacial score (nSPS) is 17.5. The molecule has 2 nitrogen and oxygen atoms in total. The van der Waals surface area contributed by atoms with Gasteiger partial charge in [-0.1, -0.05) is 52.0 Å². The van der Waals surface area contributed by atoms with E-state index < -0.39 is 0 Å². The first-order chi connectivity index (χ1) is 12.2. The molecule has 0 spiro atoms. The Hall–Kier alpha value is -1.96. The van der Waals surface area contributed by atoms with Gasteiger partial charge in [-0.05, 0) is 61.1 Å². The van der Waals surface area contributed by atoms with Crippen LogP contribution in [0.15, 0.2) is 48.5 Å². The lowest BCUT2D eigenvalue weighted by Crippen LogP contribution is -2.59. The maximum atomic E-state index is 2.58. The largest absolute Gasteiger partial charge is 0.367 e. The second kappa shape index (κ2) is 6.98. The highest BCUT2D eigenvalue weighted by Crippen LogP contribution is 2.32. The van der Waals surface area contributed by atoms with Gasteiger partial charge in [0.25, 0.3) is 0 Å². The lowest BCUT2D eigenvalue weighted by atomic mass is 9.87. The van der Waals surface area contributed by atoms with Gasteiger partial charge >= 0.3 is 0 Å². The number of aryl methyl sites for hydroxylation is 1. The Balaban J connectivity index is 1.78. The van der Waals surface area contributed by atoms with Crippen molar-refractivity contribution in [2.24, 2.45) is 0 Å². The number of hydrogen-bond donors (Lipinski definition) is 0. The molecule has 26 heavy (non-hydrogen) atoms. The van der Waals surface area contributed by atoms with E-state index in [0.717, 1.165) is 26.1 Å². The van der Waals surface area contributed by atoms with Crippen LogP contribution in [0.25, 0.3) is 0 Å². The second-order valence-corrected chi connectivity index (χ2v) is 9.21. The van der Waals surface area contributed by atoms with Crippen molar-refractivity contribution in [2.75, 3.05) is 29.4 Å². The smallest absolute Gasteiger partial charge is 0.0521 e. The predicted octanol–water partition coefficient (Wildman–Crippen LogP) is 5.65. The fraction of sp³-hybridized carbons (Fsp3) is 0.500. The summed E-state index contributed by atoms with van der Waals surface area (Å²) in [6, 6.07) is 18.2. The van der Waals surface area contributed by atoms with Crippen molar-refractivity contribution >= 4 is 11.4 Å². The SMILES string of the molecule is CCc1cccc(N2CCN(c3ccc(C(C)(C)C)cc3)CC2(C)C)c1. The fourth-order valence-electron chi connectivity index (χ4n) is 3.97. The third-order valence-electron chi connectivity index (χ3n) is 5.63. The van der Waals surface area contributed by atoms with Crippen molar-refractivity contribution in [3.63, 3.8) is 0 Å². The Morgan fingerprint density at radius 1 is 0.923 bits per heavy atom. The summed E-state index contributed by atoms with van der Waals surface area (Å²) in [5.74, 6) is 0. The summed E-state index contributed by atoms with van der Waals surface area (Å²) < 4.78 is 0. The first-order valence-electron chi connectivity index (χ1n) is 9.93. The van der Waals surface area contributed by atoms with Crippen LogP contribution in [0.3, 0.4) is 0 Å². The summed E-state index contributed by atoms with van der Waals surface area (Å²) in [4.78, 5) is 5.11. The van der Waals surface area contributed by atoms with Crippen molar-refractivity contribution in [3.05, 3.63) is 59.7 Å². The van der Waals surface area contributed by atoms with Gasteiger partial charge in [0.2, 0.25) is 0 Å². The maximum Gasteiger partial charge on any atom is 0.0521 e. The van der Waals surface area contributed by atoms with Crippen LogP contribution in [0.5, 0.6) is 0 Å². The lowest BCUT2D eigenvalue weighted by molar-refractivity contribution is 0.415. The molecule has 140 valence electrons. The van der Waals surface area contributed by atoms with Crippen LogP contribution in [-0.4, -0.2) is 25.2 Å². The van der Waals surface area contributed by atoms with E-state index in [4.69, 9.17) is 0 Å². The molecule has 0 amide bonds. The molecular formula is C24H34N2. The van der Waals surface area contributed by atoms with Crippen LogP contribution in [0.4, 0.5) is 11.4 Å². The van der Waals surface area contributed by atoms with Crippen molar-refractivity contribution in [1.82, 2.24) is 0 Å². The molecule has 3 rings (SSSR count). The molecule has 0 saturated carbocycles. The highest BCUT2D eigenvalue weighted by molar-refractivity contribution is 5.56. The minimum absolute atomic E-state index is 0.104. The Morgan fingerprint density at radius 3 is 2.19 bits per heavy atom. The number of benzene rings is 2. The van der Waals surface area contributed by atoms with Gasteiger partial charge in [0, 0.05) is 31.0 Å². The van der Waals surface area contributed by atoms with Gasteiger partial charge in [-0.3, -0.25) is 0 Å². The van der Waals surface area contributed by atoms with Gasteiger partial charge < -0.3 is 9.80 Å². The Kier molecular flexibility index (Phi) is 5.05. The Labute approximate surface area is 159 Å². The zero-order chi connectivity index (χ0) is 18.9. The van der Waals surface area contributed by atoms with E-state index in [1.54, 1.807) is 0 Å². The fourth-order valence-corrected chi connectivity index (χ4v) is 3.97. The summed E-state index contributed by atoms with van der Waals surface area (Å²) in [6.45, 7) is 16.9. The zero-order valence-corrected chi connectivity index (χ0v) is 17.3. The van der Waals surface area contributed by atoms with Crippen LogP contribution in [0, 0.1) is 0 Å². The standard InChI is InChI=1S/C24H34N2/c1-7-19-9-8-10-22(17-19)26-16-15-25(18-24(26,5)6)21-13-11-20(12-14-21)23(2,3)4/h8-14,17H,7,15-16,18H2,1-6H3. The highest BCUT2D eigenvalue weighted by atomic mass is 15.3. The van der Waals surface area contributed by atoms with E-state index in [2.05, 4.69) is 99.9 Å². The highest BCUT2D eigenvalue weighted by Gasteiger charge is 2.34. The molecule has 0 radical (unpaired) electrons. The number of rotatable bonds is 3. The second-order valence-electron chi connectivity index (χ2n) is 9.21. The Bertz CT molecular complexity index is 738. The van der Waals surface area contributed by atoms with Crippen LogP contribution >= 0.6 is 0 Å². The summed E-state index contributed by atoms with van der Waals surface area (Å²) >= 11 is 0. The quantitative estimate of drug-likeness (QED) is 0.705. The van der Waals surface area contributed by atoms with E-state index in [-0.39, 0.29) is 11.0 Å². The molecule has 0 bridgehead atoms. The zero-order valence-electron chi connectivity index (χ0n) is 17.3. The molecule has 2 aromatic carbocycles. The minimum Gasteiger partial charge on any atom is -0.367 e. The van der Waals surface area contributed by atoms with Crippen molar-refractivity contribution in [3.8, 4) is 0 Å². The predicted molar refractivity (Wildman–Crippen MR) is 115 cm³/mol. The number of hydrogen-bond acceptors (Lipinski definition) is 2. The molecule has 1 heterocycles. The maximum absolute atomic E-state index is 2.58. The van der Waals surface area contributed by atoms with Crippen molar-refractivity contribution in [1.29, 1.82) is 0 Å². The number of piperazine rings is 1. The molecule has 0 atom stereocenters. The Morgan fingerprint density at radius 2 is 1.62 bits per heavy atom. The molecule has 0 unspecified atom stereocenters. The molecule has 2 aromatic rings. The van der Waals surface area contributed by atoms with E-state index in [0.29, 0.717) is 0 Å². The third-order valence-corrected chi connectivity index (χ3v) is 5.63. The molecular weight excluding hydrogens is 316 g/mol. The van der Waals surface area contributed by atoms with Gasteiger partial charge in [0.05, 0.1) is 5.54 Å². The molecule has 0 aromatic heterocycles. The molecule has 1 fully saturated rings. The van der Waals surface area contributed by atoms with E-state index in [1.807, 2.05) is 0 Å². The first kappa shape index (κ1) is 18.8. The van der Waals surface area contributed by atoms with E-state index >= 15 is 0 Å². The topological polar surface area (TPSA) is 6.48 Å². The summed E-state index contributed by atoms with van der Waals surface area (Å²) in [5.41, 5.74) is 5.83. The van der Waals surface area contributed by atoms with Gasteiger partial charge in [-0.25, -0.2) is 0 Å². The monoisotopic (exact) mass is 350 g/mol. The van der Waals surface area contributed by atoms with Gasteiger partial charge in [0.15, 0.2) is 0 Å². The number of anilines is 2. The summed E-state index contributed by atoms with van der Waals surface area (Å²) in [7, 11) is 0. The molecule has 2 heteroatoms. The summed E-state index contributed by atoms with van der Waals surface area (Å²) in [5, 5.41) is 0. The van der Waals surface area contributed by atoms with Crippen molar-refractivity contribution < 1.29 is 0 Å². The first-order valence-corrected chi connectivity index (χ1v) is 9.93.